The van der Waals surface area contributed by atoms with Crippen molar-refractivity contribution in [1.29, 1.82) is 0 Å². The molecule has 0 aliphatic rings. The molecule has 0 fully saturated rings. The van der Waals surface area contributed by atoms with Gasteiger partial charge in [0.25, 0.3) is 5.13 Å². The standard InChI is InChI=1S/C3H2BrClF4/c4-1-2(5,6)3(7,8)9/h1H2. The fourth-order valence-corrected chi connectivity index (χ4v) is 0.394. The fraction of sp³-hybridized carbons (Fsp3) is 1.00. The Bertz CT molecular complexity index is 98.5. The number of hydrogen-bond donors (Lipinski definition) is 0. The van der Waals surface area contributed by atoms with Crippen LogP contribution in [-0.2, 0) is 0 Å². The Kier molecular flexibility index (Phi) is 2.76. The summed E-state index contributed by atoms with van der Waals surface area (Å²) in [7, 11) is 0. The van der Waals surface area contributed by atoms with Gasteiger partial charge in [-0.1, -0.05) is 27.5 Å². The summed E-state index contributed by atoms with van der Waals surface area (Å²) in [6.07, 6.45) is -5.00. The molecule has 9 heavy (non-hydrogen) atoms. The van der Waals surface area contributed by atoms with Crippen molar-refractivity contribution in [2.75, 3.05) is 5.33 Å². The molecule has 1 unspecified atom stereocenters. The highest BCUT2D eigenvalue weighted by Crippen LogP contribution is 2.38. The molecular formula is C3H2BrClF4. The minimum atomic E-state index is -5.00. The van der Waals surface area contributed by atoms with Crippen LogP contribution >= 0.6 is 27.5 Å². The summed E-state index contributed by atoms with van der Waals surface area (Å²) in [4.78, 5) is 0. The van der Waals surface area contributed by atoms with Crippen LogP contribution in [0.25, 0.3) is 0 Å². The first-order valence-electron chi connectivity index (χ1n) is 1.82. The van der Waals surface area contributed by atoms with E-state index < -0.39 is 16.6 Å². The van der Waals surface area contributed by atoms with Gasteiger partial charge >= 0.3 is 6.18 Å². The number of rotatable bonds is 1. The molecule has 0 saturated heterocycles. The normalized spacial score (nSPS) is 19.3. The average Bonchev–Trinajstić information content (AvgIpc) is 1.64. The van der Waals surface area contributed by atoms with Gasteiger partial charge < -0.3 is 0 Å². The second-order valence-electron chi connectivity index (χ2n) is 1.34. The molecule has 0 aliphatic heterocycles. The summed E-state index contributed by atoms with van der Waals surface area (Å²) in [5.74, 6) is 0. The Balaban J connectivity index is 4.14. The third-order valence-electron chi connectivity index (χ3n) is 0.583. The minimum absolute atomic E-state index is 0.953. The Labute approximate surface area is 62.3 Å². The van der Waals surface area contributed by atoms with Crippen LogP contribution in [0, 0.1) is 0 Å². The van der Waals surface area contributed by atoms with E-state index in [2.05, 4.69) is 27.5 Å². The Hall–Kier alpha value is 0.490. The molecule has 0 bridgehead atoms. The molecular weight excluding hydrogens is 227 g/mol. The van der Waals surface area contributed by atoms with Gasteiger partial charge in [-0.25, -0.2) is 4.39 Å². The molecule has 0 aromatic heterocycles. The molecule has 0 heterocycles. The predicted octanol–water partition coefficient (Wildman–Crippen LogP) is 2.85. The molecule has 0 rings (SSSR count). The predicted molar refractivity (Wildman–Crippen MR) is 29.5 cm³/mol. The summed E-state index contributed by atoms with van der Waals surface area (Å²) >= 11 is 6.64. The summed E-state index contributed by atoms with van der Waals surface area (Å²) < 4.78 is 45.8. The van der Waals surface area contributed by atoms with Crippen LogP contribution in [0.4, 0.5) is 17.6 Å². The zero-order valence-corrected chi connectivity index (χ0v) is 6.32. The molecule has 0 nitrogen and oxygen atoms in total. The summed E-state index contributed by atoms with van der Waals surface area (Å²) in [5, 5.41) is -4.59. The zero-order chi connectivity index (χ0) is 7.71. The van der Waals surface area contributed by atoms with Crippen LogP contribution in [0.3, 0.4) is 0 Å². The van der Waals surface area contributed by atoms with Gasteiger partial charge in [0.15, 0.2) is 0 Å². The van der Waals surface area contributed by atoms with E-state index in [-0.39, 0.29) is 0 Å². The van der Waals surface area contributed by atoms with E-state index in [0.717, 1.165) is 0 Å². The van der Waals surface area contributed by atoms with E-state index in [0.29, 0.717) is 0 Å². The molecule has 0 amide bonds. The first kappa shape index (κ1) is 9.49. The quantitative estimate of drug-likeness (QED) is 0.479. The van der Waals surface area contributed by atoms with Crippen LogP contribution in [0.2, 0.25) is 0 Å². The lowest BCUT2D eigenvalue weighted by Gasteiger charge is -2.17. The highest BCUT2D eigenvalue weighted by atomic mass is 79.9. The van der Waals surface area contributed by atoms with Crippen molar-refractivity contribution in [3.63, 3.8) is 0 Å². The first-order chi connectivity index (χ1) is 3.81. The first-order valence-corrected chi connectivity index (χ1v) is 3.32. The highest BCUT2D eigenvalue weighted by molar-refractivity contribution is 9.09. The van der Waals surface area contributed by atoms with E-state index in [1.54, 1.807) is 0 Å². The van der Waals surface area contributed by atoms with Gasteiger partial charge in [-0.2, -0.15) is 13.2 Å². The molecule has 56 valence electrons. The lowest BCUT2D eigenvalue weighted by Crippen LogP contribution is -2.36. The highest BCUT2D eigenvalue weighted by Gasteiger charge is 2.54. The smallest absolute Gasteiger partial charge is 0.215 e. The van der Waals surface area contributed by atoms with Gasteiger partial charge in [-0.05, 0) is 0 Å². The lowest BCUT2D eigenvalue weighted by molar-refractivity contribution is -0.189. The maximum absolute atomic E-state index is 11.9. The van der Waals surface area contributed by atoms with E-state index in [1.165, 1.54) is 0 Å². The minimum Gasteiger partial charge on any atom is -0.215 e. The van der Waals surface area contributed by atoms with Crippen molar-refractivity contribution in [3.8, 4) is 0 Å². The molecule has 0 aromatic rings. The van der Waals surface area contributed by atoms with E-state index in [9.17, 15) is 17.6 Å². The van der Waals surface area contributed by atoms with Crippen LogP contribution in [0.15, 0.2) is 0 Å². The Morgan fingerprint density at radius 1 is 1.22 bits per heavy atom. The topological polar surface area (TPSA) is 0 Å². The maximum atomic E-state index is 11.9. The van der Waals surface area contributed by atoms with Crippen LogP contribution in [0.1, 0.15) is 0 Å². The van der Waals surface area contributed by atoms with Gasteiger partial charge in [0.2, 0.25) is 0 Å². The van der Waals surface area contributed by atoms with Crippen LogP contribution in [-0.4, -0.2) is 16.6 Å². The SMILES string of the molecule is FC(F)(F)C(F)(Cl)CBr. The van der Waals surface area contributed by atoms with Crippen molar-refractivity contribution < 1.29 is 17.6 Å². The fourth-order valence-electron chi connectivity index (χ4n) is 0.0758. The van der Waals surface area contributed by atoms with Crippen molar-refractivity contribution >= 4 is 27.5 Å². The average molecular weight is 229 g/mol. The monoisotopic (exact) mass is 228 g/mol. The molecule has 0 aliphatic carbocycles. The number of hydrogen-bond acceptors (Lipinski definition) is 0. The van der Waals surface area contributed by atoms with Crippen molar-refractivity contribution in [2.24, 2.45) is 0 Å². The van der Waals surface area contributed by atoms with E-state index in [1.807, 2.05) is 0 Å². The molecule has 0 N–H and O–H groups in total. The maximum Gasteiger partial charge on any atom is 0.437 e. The van der Waals surface area contributed by atoms with Crippen molar-refractivity contribution in [1.82, 2.24) is 0 Å². The van der Waals surface area contributed by atoms with Crippen molar-refractivity contribution in [2.45, 2.75) is 11.3 Å². The Morgan fingerprint density at radius 2 is 1.56 bits per heavy atom. The van der Waals surface area contributed by atoms with Crippen LogP contribution < -0.4 is 0 Å². The third-order valence-corrected chi connectivity index (χ3v) is 2.03. The molecule has 6 heteroatoms. The van der Waals surface area contributed by atoms with Gasteiger partial charge in [-0.15, -0.1) is 0 Å². The lowest BCUT2D eigenvalue weighted by atomic mass is 10.4. The van der Waals surface area contributed by atoms with Crippen molar-refractivity contribution in [3.05, 3.63) is 0 Å². The van der Waals surface area contributed by atoms with Gasteiger partial charge in [0, 0.05) is 0 Å². The number of alkyl halides is 6. The van der Waals surface area contributed by atoms with Gasteiger partial charge in [-0.3, -0.25) is 0 Å². The van der Waals surface area contributed by atoms with E-state index >= 15 is 0 Å². The summed E-state index contributed by atoms with van der Waals surface area (Å²) in [6, 6.07) is 0. The van der Waals surface area contributed by atoms with Gasteiger partial charge in [0.05, 0.1) is 5.33 Å². The summed E-state index contributed by atoms with van der Waals surface area (Å²) in [6.45, 7) is 0. The van der Waals surface area contributed by atoms with Crippen LogP contribution in [0.5, 0.6) is 0 Å². The molecule has 0 saturated carbocycles. The van der Waals surface area contributed by atoms with E-state index in [4.69, 9.17) is 0 Å². The second kappa shape index (κ2) is 2.62. The molecule has 0 aromatic carbocycles. The summed E-state index contributed by atoms with van der Waals surface area (Å²) in [5.41, 5.74) is 0. The molecule has 0 spiro atoms. The van der Waals surface area contributed by atoms with Gasteiger partial charge in [0.1, 0.15) is 0 Å². The largest absolute Gasteiger partial charge is 0.437 e. The number of halogens is 6. The molecule has 0 radical (unpaired) electrons. The zero-order valence-electron chi connectivity index (χ0n) is 3.97. The Morgan fingerprint density at radius 3 is 1.56 bits per heavy atom. The second-order valence-corrected chi connectivity index (χ2v) is 2.50. The molecule has 1 atom stereocenters. The third kappa shape index (κ3) is 2.29.